The average molecular weight is 424 g/mol. The van der Waals surface area contributed by atoms with Gasteiger partial charge in [0.15, 0.2) is 0 Å². The highest BCUT2D eigenvalue weighted by Crippen LogP contribution is 2.26. The fourth-order valence-corrected chi connectivity index (χ4v) is 3.03. The molecule has 0 bridgehead atoms. The molecule has 26 heavy (non-hydrogen) atoms. The third kappa shape index (κ3) is 5.14. The van der Waals surface area contributed by atoms with E-state index in [2.05, 4.69) is 26.6 Å². The number of nitrogens with zero attached hydrogens (tertiary/aromatic N) is 1. The molecule has 1 aromatic carbocycles. The molecule has 140 valence electrons. The van der Waals surface area contributed by atoms with Crippen molar-refractivity contribution >= 4 is 39.6 Å². The van der Waals surface area contributed by atoms with Gasteiger partial charge in [-0.15, -0.1) is 0 Å². The molecule has 0 radical (unpaired) electrons. The van der Waals surface area contributed by atoms with Crippen LogP contribution >= 0.6 is 15.9 Å². The summed E-state index contributed by atoms with van der Waals surface area (Å²) in [7, 11) is 0. The van der Waals surface area contributed by atoms with Crippen LogP contribution in [0, 0.1) is 0 Å². The standard InChI is InChI=1S/C18H22BrN3O4/c1-2-4-15(23)20-8-9-21-16(24)5-3-10-22-17(25)13-7-6-12(19)11-14(13)18(22)26/h6-7,11H,2-5,8-10H2,1H3,(H,20,23)(H,21,24). The van der Waals surface area contributed by atoms with Gasteiger partial charge in [-0.3, -0.25) is 24.1 Å². The predicted molar refractivity (Wildman–Crippen MR) is 99.7 cm³/mol. The van der Waals surface area contributed by atoms with E-state index in [0.29, 0.717) is 37.1 Å². The Bertz CT molecular complexity index is 720. The Morgan fingerprint density at radius 2 is 1.62 bits per heavy atom. The van der Waals surface area contributed by atoms with Crippen molar-refractivity contribution in [3.05, 3.63) is 33.8 Å². The van der Waals surface area contributed by atoms with Crippen LogP contribution in [-0.2, 0) is 9.59 Å². The third-order valence-corrected chi connectivity index (χ3v) is 4.46. The van der Waals surface area contributed by atoms with Crippen molar-refractivity contribution in [3.8, 4) is 0 Å². The summed E-state index contributed by atoms with van der Waals surface area (Å²) in [5.74, 6) is -0.852. The summed E-state index contributed by atoms with van der Waals surface area (Å²) in [5.41, 5.74) is 0.780. The van der Waals surface area contributed by atoms with Gasteiger partial charge in [0.25, 0.3) is 11.8 Å². The van der Waals surface area contributed by atoms with Gasteiger partial charge in [-0.05, 0) is 31.0 Å². The van der Waals surface area contributed by atoms with Gasteiger partial charge in [-0.2, -0.15) is 0 Å². The second-order valence-electron chi connectivity index (χ2n) is 6.01. The number of fused-ring (bicyclic) bond motifs is 1. The highest BCUT2D eigenvalue weighted by atomic mass is 79.9. The van der Waals surface area contributed by atoms with Crippen LogP contribution in [0.15, 0.2) is 22.7 Å². The molecule has 0 aliphatic carbocycles. The summed E-state index contributed by atoms with van der Waals surface area (Å²) >= 11 is 3.29. The van der Waals surface area contributed by atoms with Gasteiger partial charge in [0.05, 0.1) is 11.1 Å². The Labute approximate surface area is 160 Å². The molecule has 1 aromatic rings. The van der Waals surface area contributed by atoms with Crippen molar-refractivity contribution in [3.63, 3.8) is 0 Å². The maximum absolute atomic E-state index is 12.3. The Morgan fingerprint density at radius 3 is 2.27 bits per heavy atom. The minimum atomic E-state index is -0.328. The molecule has 0 aromatic heterocycles. The van der Waals surface area contributed by atoms with Crippen LogP contribution in [0.5, 0.6) is 0 Å². The molecule has 1 heterocycles. The zero-order chi connectivity index (χ0) is 19.1. The molecular weight excluding hydrogens is 402 g/mol. The van der Waals surface area contributed by atoms with Gasteiger partial charge in [0.2, 0.25) is 11.8 Å². The second-order valence-corrected chi connectivity index (χ2v) is 6.92. The van der Waals surface area contributed by atoms with E-state index < -0.39 is 0 Å². The zero-order valence-electron chi connectivity index (χ0n) is 14.6. The smallest absolute Gasteiger partial charge is 0.261 e. The number of benzene rings is 1. The average Bonchev–Trinajstić information content (AvgIpc) is 2.83. The lowest BCUT2D eigenvalue weighted by atomic mass is 10.1. The summed E-state index contributed by atoms with van der Waals surface area (Å²) in [4.78, 5) is 48.8. The maximum Gasteiger partial charge on any atom is 0.261 e. The van der Waals surface area contributed by atoms with Gasteiger partial charge in [0, 0.05) is 36.9 Å². The molecule has 1 aliphatic heterocycles. The van der Waals surface area contributed by atoms with Crippen LogP contribution in [0.4, 0.5) is 0 Å². The number of amides is 4. The van der Waals surface area contributed by atoms with E-state index in [1.54, 1.807) is 18.2 Å². The highest BCUT2D eigenvalue weighted by molar-refractivity contribution is 9.10. The minimum absolute atomic E-state index is 0.0287. The quantitative estimate of drug-likeness (QED) is 0.467. The highest BCUT2D eigenvalue weighted by Gasteiger charge is 2.35. The maximum atomic E-state index is 12.3. The first kappa shape index (κ1) is 20.1. The first-order chi connectivity index (χ1) is 12.4. The lowest BCUT2D eigenvalue weighted by Crippen LogP contribution is -2.35. The molecular formula is C18H22BrN3O4. The number of carbonyl (C=O) groups is 4. The number of carbonyl (C=O) groups excluding carboxylic acids is 4. The monoisotopic (exact) mass is 423 g/mol. The molecule has 2 N–H and O–H groups in total. The van der Waals surface area contributed by atoms with Crippen LogP contribution in [0.1, 0.15) is 53.3 Å². The number of hydrogen-bond donors (Lipinski definition) is 2. The predicted octanol–water partition coefficient (Wildman–Crippen LogP) is 1.86. The van der Waals surface area contributed by atoms with Crippen molar-refractivity contribution in [1.82, 2.24) is 15.5 Å². The summed E-state index contributed by atoms with van der Waals surface area (Å²) < 4.78 is 0.740. The molecule has 0 spiro atoms. The largest absolute Gasteiger partial charge is 0.354 e. The zero-order valence-corrected chi connectivity index (χ0v) is 16.2. The van der Waals surface area contributed by atoms with Crippen molar-refractivity contribution in [2.45, 2.75) is 32.6 Å². The van der Waals surface area contributed by atoms with Crippen LogP contribution in [0.25, 0.3) is 0 Å². The molecule has 0 fully saturated rings. The second kappa shape index (κ2) is 9.47. The summed E-state index contributed by atoms with van der Waals surface area (Å²) in [6.07, 6.45) is 1.86. The number of hydrogen-bond acceptors (Lipinski definition) is 4. The van der Waals surface area contributed by atoms with E-state index in [1.807, 2.05) is 6.92 Å². The lowest BCUT2D eigenvalue weighted by molar-refractivity contribution is -0.123. The number of imide groups is 1. The number of halogens is 1. The van der Waals surface area contributed by atoms with Crippen LogP contribution in [-0.4, -0.2) is 48.2 Å². The molecule has 1 aliphatic rings. The molecule has 2 rings (SSSR count). The van der Waals surface area contributed by atoms with Crippen molar-refractivity contribution < 1.29 is 19.2 Å². The number of nitrogens with one attached hydrogen (secondary N) is 2. The van der Waals surface area contributed by atoms with E-state index in [9.17, 15) is 19.2 Å². The van der Waals surface area contributed by atoms with Crippen LogP contribution in [0.2, 0.25) is 0 Å². The molecule has 7 nitrogen and oxygen atoms in total. The SMILES string of the molecule is CCCC(=O)NCCNC(=O)CCCN1C(=O)c2ccc(Br)cc2C1=O. The molecule has 4 amide bonds. The van der Waals surface area contributed by atoms with E-state index in [4.69, 9.17) is 0 Å². The van der Waals surface area contributed by atoms with Gasteiger partial charge < -0.3 is 10.6 Å². The van der Waals surface area contributed by atoms with Crippen LogP contribution < -0.4 is 10.6 Å². The van der Waals surface area contributed by atoms with Crippen LogP contribution in [0.3, 0.4) is 0 Å². The molecule has 0 atom stereocenters. The fourth-order valence-electron chi connectivity index (χ4n) is 2.67. The Hall–Kier alpha value is -2.22. The van der Waals surface area contributed by atoms with Gasteiger partial charge in [-0.1, -0.05) is 22.9 Å². The topological polar surface area (TPSA) is 95.6 Å². The molecule has 0 unspecified atom stereocenters. The molecule has 0 saturated carbocycles. The molecule has 0 saturated heterocycles. The first-order valence-corrected chi connectivity index (χ1v) is 9.42. The van der Waals surface area contributed by atoms with E-state index >= 15 is 0 Å². The van der Waals surface area contributed by atoms with Crippen molar-refractivity contribution in [1.29, 1.82) is 0 Å². The van der Waals surface area contributed by atoms with Crippen molar-refractivity contribution in [2.24, 2.45) is 0 Å². The summed E-state index contributed by atoms with van der Waals surface area (Å²) in [6, 6.07) is 4.98. The Kier molecular flexibility index (Phi) is 7.32. The third-order valence-electron chi connectivity index (χ3n) is 3.96. The Morgan fingerprint density at radius 1 is 1.00 bits per heavy atom. The first-order valence-electron chi connectivity index (χ1n) is 8.63. The normalized spacial score (nSPS) is 12.9. The summed E-state index contributed by atoms with van der Waals surface area (Å²) in [5, 5.41) is 5.42. The Balaban J connectivity index is 1.70. The summed E-state index contributed by atoms with van der Waals surface area (Å²) in [6.45, 7) is 2.87. The fraction of sp³-hybridized carbons (Fsp3) is 0.444. The van der Waals surface area contributed by atoms with E-state index in [0.717, 1.165) is 10.9 Å². The van der Waals surface area contributed by atoms with E-state index in [-0.39, 0.29) is 36.6 Å². The van der Waals surface area contributed by atoms with Crippen molar-refractivity contribution in [2.75, 3.05) is 19.6 Å². The van der Waals surface area contributed by atoms with E-state index in [1.165, 1.54) is 4.90 Å². The number of rotatable bonds is 9. The minimum Gasteiger partial charge on any atom is -0.354 e. The van der Waals surface area contributed by atoms with Gasteiger partial charge in [-0.25, -0.2) is 0 Å². The lowest BCUT2D eigenvalue weighted by Gasteiger charge is -2.13. The van der Waals surface area contributed by atoms with Gasteiger partial charge >= 0.3 is 0 Å². The van der Waals surface area contributed by atoms with Gasteiger partial charge in [0.1, 0.15) is 0 Å². The molecule has 8 heteroatoms.